The van der Waals surface area contributed by atoms with E-state index in [2.05, 4.69) is 73.5 Å². The largest absolute Gasteiger partial charge is 0.480 e. The summed E-state index contributed by atoms with van der Waals surface area (Å²) < 4.78 is 59.3. The monoisotopic (exact) mass is 1670 g/mol. The van der Waals surface area contributed by atoms with E-state index in [4.69, 9.17) is 43.9 Å². The highest BCUT2D eigenvalue weighted by Crippen LogP contribution is 2.23. The first-order chi connectivity index (χ1) is 56.2. The molecule has 40 nitrogen and oxygen atoms in total. The van der Waals surface area contributed by atoms with Crippen molar-refractivity contribution in [1.82, 2.24) is 72.5 Å². The first-order valence-electron chi connectivity index (χ1n) is 39.6. The summed E-state index contributed by atoms with van der Waals surface area (Å²) in [5.41, 5.74) is 1.95. The van der Waals surface area contributed by atoms with Crippen molar-refractivity contribution in [2.75, 3.05) is 53.3 Å². The van der Waals surface area contributed by atoms with Crippen LogP contribution in [0.2, 0.25) is 0 Å². The minimum atomic E-state index is -1.28. The van der Waals surface area contributed by atoms with Gasteiger partial charge in [0.25, 0.3) is 19.4 Å². The fraction of sp³-hybridized carbons (Fsp3) is 0.716. The fourth-order valence-electron chi connectivity index (χ4n) is 11.0. The van der Waals surface area contributed by atoms with Gasteiger partial charge in [0.05, 0.1) is 31.5 Å². The van der Waals surface area contributed by atoms with E-state index in [1.54, 1.807) is 46.4 Å². The van der Waals surface area contributed by atoms with Crippen LogP contribution in [-0.2, 0) is 107 Å². The number of carbonyl (C=O) groups excluding carboxylic acids is 13. The highest BCUT2D eigenvalue weighted by Gasteiger charge is 2.28. The summed E-state index contributed by atoms with van der Waals surface area (Å²) in [6.45, 7) is 6.13. The molecule has 0 bridgehead atoms. The Morgan fingerprint density at radius 1 is 0.479 bits per heavy atom. The lowest BCUT2D eigenvalue weighted by Crippen LogP contribution is -2.49. The predicted molar refractivity (Wildman–Crippen MR) is 408 cm³/mol. The first kappa shape index (κ1) is 106. The van der Waals surface area contributed by atoms with Gasteiger partial charge in [-0.05, 0) is 83.5 Å². The highest BCUT2D eigenvalue weighted by atomic mass is 19.1. The number of Topliss-reactive ketones (excluding diaryl/α,β-unsaturated/α-hetero) is 2. The molecular formula is C74H121F3N17O23+. The summed E-state index contributed by atoms with van der Waals surface area (Å²) in [5, 5.41) is 70.8. The zero-order valence-corrected chi connectivity index (χ0v) is 67.5. The Kier molecular flexibility index (Phi) is 62.0. The number of aliphatic carboxylic acids is 3. The molecule has 43 heteroatoms. The zero-order chi connectivity index (χ0) is 87.3. The van der Waals surface area contributed by atoms with Crippen molar-refractivity contribution < 1.29 is 129 Å². The Morgan fingerprint density at radius 3 is 1.24 bits per heavy atom. The molecule has 0 spiro atoms. The maximum absolute atomic E-state index is 12.6. The molecular weight excluding hydrogens is 1550 g/mol. The van der Waals surface area contributed by atoms with Crippen LogP contribution in [0.4, 0.5) is 27.6 Å². The number of nitrogens with zero attached hydrogens (tertiary/aromatic N) is 9. The number of alkyl halides is 3. The third-order valence-electron chi connectivity index (χ3n) is 17.1. The molecule has 3 rings (SSSR count). The first-order valence-corrected chi connectivity index (χ1v) is 39.6. The van der Waals surface area contributed by atoms with Crippen LogP contribution in [0.1, 0.15) is 238 Å². The molecule has 660 valence electrons. The van der Waals surface area contributed by atoms with Crippen molar-refractivity contribution in [2.24, 2.45) is 10.3 Å². The number of carbonyl (C=O) groups is 14. The molecule has 0 fully saturated rings. The molecule has 117 heavy (non-hydrogen) atoms. The molecule has 1 aliphatic rings. The lowest BCUT2D eigenvalue weighted by atomic mass is 10.0. The van der Waals surface area contributed by atoms with Gasteiger partial charge in [0.2, 0.25) is 23.8 Å². The van der Waals surface area contributed by atoms with Crippen LogP contribution < -0.4 is 42.5 Å². The van der Waals surface area contributed by atoms with E-state index in [1.807, 2.05) is 0 Å². The second-order valence-corrected chi connectivity index (χ2v) is 27.1. The molecule has 2 aromatic rings. The minimum Gasteiger partial charge on any atom is -0.480 e. The number of halogens is 3. The number of alkyl carbamates (subject to hydrolysis) is 1. The molecule has 11 N–H and O–H groups in total. The minimum absolute atomic E-state index is 0.0497. The van der Waals surface area contributed by atoms with Gasteiger partial charge < -0.3 is 71.5 Å². The normalized spacial score (nSPS) is 13.8. The van der Waals surface area contributed by atoms with Crippen LogP contribution in [0.5, 0.6) is 0 Å². The fourth-order valence-corrected chi connectivity index (χ4v) is 11.0. The molecule has 1 aliphatic heterocycles. The standard InChI is InChI=1S/C35H59FN6O8.C19H31FN6O6.C19H30FN5O7.CO2/c1-3-15-31(34(47)48)38-35(49)39-33(50-27-43)20-13-14-24-37-32(46)19-12-8-7-11-17-29(44)16-9-5-4-6-10-18-30(45)22-21-28-26-42(2,25-23-36)41-40-28;1-2-5-15(18(29)30)22-19(31)23-17(32-13-27)6-3-4-10-21-16(28)8-7-14-12-26(11-9-20)25-24-14;1-2-5-15(18(28)29)32-19(30)22-17(31-13-26)6-3-4-10-21-16(27)8-7-14-12-25(11-9-20)24-23-14;2-1-3/h26-27,31,33H,3-25H2,1-2H3,(H3-,37,38,39,46,47,48,49);12-13,15,17H,2-11H2,1H3,(H,21,28)(H,29,30)(H2,22,23,31);12-13,15,17H,2-11H2,1H3,(H,21,27)(H,22,30)(H,28,29);/p+1/t31-,33+,42?;2*15-,17+;/m000./s1/i36-1;20-1;;. The number of hydrogen-bond donors (Lipinski definition) is 11. The summed E-state index contributed by atoms with van der Waals surface area (Å²) in [6, 6.07) is -3.53. The third kappa shape index (κ3) is 56.9. The van der Waals surface area contributed by atoms with E-state index in [0.717, 1.165) is 63.5 Å². The number of rotatable bonds is 66. The number of nitrogens with one attached hydrogen (secondary N) is 8. The summed E-state index contributed by atoms with van der Waals surface area (Å²) >= 11 is 0. The Hall–Kier alpha value is -10.9. The van der Waals surface area contributed by atoms with Gasteiger partial charge in [-0.2, -0.15) is 14.2 Å². The van der Waals surface area contributed by atoms with Gasteiger partial charge in [0, 0.05) is 121 Å². The Bertz CT molecular complexity index is 3210. The van der Waals surface area contributed by atoms with Gasteiger partial charge in [-0.1, -0.05) is 87.7 Å². The van der Waals surface area contributed by atoms with Crippen molar-refractivity contribution in [3.05, 3.63) is 35.7 Å². The quantitative estimate of drug-likeness (QED) is 0.0106. The maximum Gasteiger partial charge on any atom is 0.410 e. The molecule has 0 saturated heterocycles. The van der Waals surface area contributed by atoms with Crippen molar-refractivity contribution >= 4 is 90.9 Å². The smallest absolute Gasteiger partial charge is 0.410 e. The lowest BCUT2D eigenvalue weighted by Gasteiger charge is -2.19. The number of amides is 8. The summed E-state index contributed by atoms with van der Waals surface area (Å²) in [4.78, 5) is 178. The number of unbranched alkanes of at least 4 members (excludes halogenated alkanes) is 10. The number of allylic oxidation sites excluding steroid dienone is 1. The predicted octanol–water partition coefficient (Wildman–Crippen LogP) is 6.83. The second-order valence-electron chi connectivity index (χ2n) is 27.1. The summed E-state index contributed by atoms with van der Waals surface area (Å²) in [6.07, 6.45) is 19.0. The number of carboxylic acids is 3. The molecule has 0 aromatic carbocycles. The van der Waals surface area contributed by atoms with Gasteiger partial charge in [-0.25, -0.2) is 51.3 Å². The third-order valence-corrected chi connectivity index (χ3v) is 17.1. The number of aromatic nitrogens is 6. The van der Waals surface area contributed by atoms with Crippen LogP contribution in [0.15, 0.2) is 34.6 Å². The maximum atomic E-state index is 12.6. The number of hydrogen-bond acceptors (Lipinski definition) is 26. The highest BCUT2D eigenvalue weighted by molar-refractivity contribution is 5.84. The average molecular weight is 1670 g/mol. The number of ketones is 2. The molecule has 8 amide bonds. The topological polar surface area (TPSA) is 553 Å². The zero-order valence-electron chi connectivity index (χ0n) is 67.5. The Morgan fingerprint density at radius 2 is 0.863 bits per heavy atom. The summed E-state index contributed by atoms with van der Waals surface area (Å²) in [5.74, 6) is -3.46. The molecule has 0 radical (unpaired) electrons. The van der Waals surface area contributed by atoms with E-state index in [1.165, 1.54) is 9.36 Å². The van der Waals surface area contributed by atoms with E-state index in [-0.39, 0.29) is 118 Å². The van der Waals surface area contributed by atoms with Gasteiger partial charge >= 0.3 is 42.2 Å². The average Bonchev–Trinajstić information content (AvgIpc) is 1.71. The molecule has 0 aliphatic carbocycles. The number of carboxylic acid groups (broad SMARTS) is 3. The van der Waals surface area contributed by atoms with Crippen molar-refractivity contribution in [1.29, 1.82) is 0 Å². The molecule has 2 aromatic heterocycles. The van der Waals surface area contributed by atoms with Crippen LogP contribution in [0, 0.1) is 0 Å². The molecule has 3 heterocycles. The molecule has 1 unspecified atom stereocenters. The van der Waals surface area contributed by atoms with Crippen LogP contribution in [-0.4, -0.2) is 231 Å². The number of aryl methyl sites for hydroxylation is 4. The number of urea groups is 2. The SMILES string of the molecule is CCC[C@H](NC(=O)N[C@@H](CCCCNC(=O)CCCCCCC(=O)CCCCCCCC(=O)CCC1=C[N+](C)(CC[18F])N=N1)OC=O)C(=O)O.CCC[C@H](NC(=O)N[C@@H](CCCCNC(=O)CCc1cn(CC[18F])nn1)OC=O)C(=O)O.CCC[C@H](OC(=O)N[C@@H](CCCCNC(=O)CCc1cn(CCF)nn1)OC=O)C(=O)O.O=C=O. The van der Waals surface area contributed by atoms with Gasteiger partial charge in [-0.15, -0.1) is 10.2 Å². The second kappa shape index (κ2) is 68.4. The Labute approximate surface area is 678 Å². The van der Waals surface area contributed by atoms with Crippen LogP contribution >= 0.6 is 0 Å². The number of quaternary nitrogens is 1. The van der Waals surface area contributed by atoms with Gasteiger partial charge in [0.1, 0.15) is 62.1 Å². The van der Waals surface area contributed by atoms with E-state index >= 15 is 0 Å². The number of ether oxygens (including phenoxy) is 4. The van der Waals surface area contributed by atoms with E-state index in [0.29, 0.717) is 153 Å². The molecule has 0 saturated carbocycles. The van der Waals surface area contributed by atoms with Gasteiger partial charge in [0.15, 0.2) is 18.7 Å². The van der Waals surface area contributed by atoms with E-state index in [9.17, 15) is 80.3 Å². The van der Waals surface area contributed by atoms with Crippen molar-refractivity contribution in [2.45, 2.75) is 289 Å². The lowest BCUT2D eigenvalue weighted by molar-refractivity contribution is -0.867. The van der Waals surface area contributed by atoms with E-state index < -0.39 is 93.0 Å². The van der Waals surface area contributed by atoms with Crippen molar-refractivity contribution in [3.63, 3.8) is 0 Å². The Balaban J connectivity index is 0.00000176. The van der Waals surface area contributed by atoms with Crippen LogP contribution in [0.3, 0.4) is 0 Å². The van der Waals surface area contributed by atoms with Crippen LogP contribution in [0.25, 0.3) is 0 Å². The van der Waals surface area contributed by atoms with Gasteiger partial charge in [-0.3, -0.25) is 43.7 Å². The summed E-state index contributed by atoms with van der Waals surface area (Å²) in [7, 11) is 1.78. The van der Waals surface area contributed by atoms with Crippen molar-refractivity contribution in [3.8, 4) is 0 Å². The molecule has 7 atom stereocenters.